The number of nitrogens with two attached hydrogens (primary N) is 1. The standard InChI is InChI=1S/C20H22N4O3/c21-18-17(19(26)22-20(27)24(18)15-6-7-15)16(25)12-23-10-8-14(9-11-23)13-4-2-1-3-5-13/h1-5,8,15H,6-7,9-12,21H2,(H,22,26,27). The number of benzene rings is 1. The largest absolute Gasteiger partial charge is 0.384 e. The van der Waals surface area contributed by atoms with Gasteiger partial charge in [-0.25, -0.2) is 4.79 Å². The first-order chi connectivity index (χ1) is 13.0. The van der Waals surface area contributed by atoms with Crippen molar-refractivity contribution in [2.24, 2.45) is 0 Å². The maximum absolute atomic E-state index is 12.7. The van der Waals surface area contributed by atoms with E-state index in [9.17, 15) is 14.4 Å². The molecule has 0 saturated heterocycles. The number of hydrogen-bond acceptors (Lipinski definition) is 5. The number of rotatable bonds is 5. The van der Waals surface area contributed by atoms with Gasteiger partial charge in [-0.05, 0) is 30.4 Å². The Hall–Kier alpha value is -2.93. The van der Waals surface area contributed by atoms with Crippen LogP contribution >= 0.6 is 0 Å². The Labute approximate surface area is 156 Å². The van der Waals surface area contributed by atoms with E-state index in [1.807, 2.05) is 23.1 Å². The molecule has 7 nitrogen and oxygen atoms in total. The molecule has 2 aromatic rings. The number of hydrogen-bond donors (Lipinski definition) is 2. The molecule has 7 heteroatoms. The lowest BCUT2D eigenvalue weighted by Gasteiger charge is -2.26. The molecule has 1 fully saturated rings. The highest BCUT2D eigenvalue weighted by Crippen LogP contribution is 2.35. The number of H-pyrrole nitrogens is 1. The van der Waals surface area contributed by atoms with E-state index in [0.717, 1.165) is 25.8 Å². The first kappa shape index (κ1) is 17.5. The number of aromatic amines is 1. The fraction of sp³-hybridized carbons (Fsp3) is 0.350. The van der Waals surface area contributed by atoms with Gasteiger partial charge in [0.05, 0.1) is 6.54 Å². The van der Waals surface area contributed by atoms with E-state index in [0.29, 0.717) is 6.54 Å². The van der Waals surface area contributed by atoms with Gasteiger partial charge in [0.25, 0.3) is 5.56 Å². The van der Waals surface area contributed by atoms with Gasteiger partial charge in [0.1, 0.15) is 11.4 Å². The number of carbonyl (C=O) groups is 1. The lowest BCUT2D eigenvalue weighted by Crippen LogP contribution is -2.40. The zero-order chi connectivity index (χ0) is 19.0. The Morgan fingerprint density at radius 3 is 2.56 bits per heavy atom. The van der Waals surface area contributed by atoms with Crippen LogP contribution in [0.4, 0.5) is 5.82 Å². The minimum absolute atomic E-state index is 0.00576. The quantitative estimate of drug-likeness (QED) is 0.780. The molecular formula is C20H22N4O3. The van der Waals surface area contributed by atoms with Crippen molar-refractivity contribution in [2.45, 2.75) is 25.3 Å². The smallest absolute Gasteiger partial charge is 0.330 e. The van der Waals surface area contributed by atoms with Crippen LogP contribution in [-0.2, 0) is 0 Å². The Bertz CT molecular complexity index is 1020. The summed E-state index contributed by atoms with van der Waals surface area (Å²) in [5, 5.41) is 0. The van der Waals surface area contributed by atoms with Crippen molar-refractivity contribution in [3.8, 4) is 0 Å². The summed E-state index contributed by atoms with van der Waals surface area (Å²) < 4.78 is 1.35. The fourth-order valence-corrected chi connectivity index (χ4v) is 3.58. The first-order valence-corrected chi connectivity index (χ1v) is 9.19. The maximum atomic E-state index is 12.7. The highest BCUT2D eigenvalue weighted by atomic mass is 16.2. The number of ketones is 1. The summed E-state index contributed by atoms with van der Waals surface area (Å²) in [5.41, 5.74) is 7.15. The molecule has 27 heavy (non-hydrogen) atoms. The van der Waals surface area contributed by atoms with Gasteiger partial charge >= 0.3 is 5.69 Å². The molecule has 0 unspecified atom stereocenters. The Morgan fingerprint density at radius 1 is 1.19 bits per heavy atom. The third-order valence-corrected chi connectivity index (χ3v) is 5.18. The zero-order valence-electron chi connectivity index (χ0n) is 15.0. The van der Waals surface area contributed by atoms with E-state index < -0.39 is 11.2 Å². The van der Waals surface area contributed by atoms with Gasteiger partial charge in [-0.1, -0.05) is 36.4 Å². The molecule has 140 valence electrons. The number of Topliss-reactive ketones (excluding diaryl/α,β-unsaturated/α-hetero) is 1. The minimum Gasteiger partial charge on any atom is -0.384 e. The highest BCUT2D eigenvalue weighted by molar-refractivity contribution is 6.01. The second-order valence-electron chi connectivity index (χ2n) is 7.12. The molecule has 1 aromatic carbocycles. The molecule has 0 amide bonds. The number of nitrogens with zero attached hydrogens (tertiary/aromatic N) is 2. The number of carbonyl (C=O) groups excluding carboxylic acids is 1. The van der Waals surface area contributed by atoms with Gasteiger partial charge in [-0.2, -0.15) is 0 Å². The predicted molar refractivity (Wildman–Crippen MR) is 104 cm³/mol. The van der Waals surface area contributed by atoms with E-state index >= 15 is 0 Å². The maximum Gasteiger partial charge on any atom is 0.330 e. The van der Waals surface area contributed by atoms with Gasteiger partial charge < -0.3 is 5.73 Å². The van der Waals surface area contributed by atoms with Crippen LogP contribution in [0.15, 0.2) is 46.0 Å². The summed E-state index contributed by atoms with van der Waals surface area (Å²) in [5.74, 6) is -0.353. The third kappa shape index (κ3) is 3.50. The number of aromatic nitrogens is 2. The lowest BCUT2D eigenvalue weighted by atomic mass is 9.99. The minimum atomic E-state index is -0.697. The summed E-state index contributed by atoms with van der Waals surface area (Å²) in [7, 11) is 0. The highest BCUT2D eigenvalue weighted by Gasteiger charge is 2.30. The van der Waals surface area contributed by atoms with Gasteiger partial charge in [-0.3, -0.25) is 24.0 Å². The monoisotopic (exact) mass is 366 g/mol. The topological polar surface area (TPSA) is 101 Å². The second kappa shape index (κ2) is 7.00. The summed E-state index contributed by atoms with van der Waals surface area (Å²) in [6, 6.07) is 10.2. The van der Waals surface area contributed by atoms with Crippen LogP contribution in [0.1, 0.15) is 41.2 Å². The molecule has 2 aliphatic rings. The molecule has 4 rings (SSSR count). The van der Waals surface area contributed by atoms with Gasteiger partial charge in [0.2, 0.25) is 0 Å². The van der Waals surface area contributed by atoms with Gasteiger partial charge in [-0.15, -0.1) is 0 Å². The van der Waals surface area contributed by atoms with Gasteiger partial charge in [0, 0.05) is 19.1 Å². The molecule has 1 saturated carbocycles. The van der Waals surface area contributed by atoms with E-state index in [-0.39, 0.29) is 29.8 Å². The number of nitrogen functional groups attached to an aromatic ring is 1. The molecule has 3 N–H and O–H groups in total. The van der Waals surface area contributed by atoms with Crippen LogP contribution < -0.4 is 17.0 Å². The molecule has 1 aliphatic heterocycles. The summed E-state index contributed by atoms with van der Waals surface area (Å²) in [6.45, 7) is 1.47. The SMILES string of the molecule is Nc1c(C(=O)CN2CC=C(c3ccccc3)CC2)c(=O)[nH]c(=O)n1C1CC1. The van der Waals surface area contributed by atoms with Crippen molar-refractivity contribution in [1.82, 2.24) is 14.5 Å². The van der Waals surface area contributed by atoms with Crippen molar-refractivity contribution < 1.29 is 4.79 Å². The predicted octanol–water partition coefficient (Wildman–Crippen LogP) is 1.43. The van der Waals surface area contributed by atoms with Crippen LogP contribution in [0.5, 0.6) is 0 Å². The normalized spacial score (nSPS) is 17.6. The van der Waals surface area contributed by atoms with E-state index in [1.165, 1.54) is 15.7 Å². The molecule has 0 atom stereocenters. The molecule has 1 aliphatic carbocycles. The van der Waals surface area contributed by atoms with Crippen molar-refractivity contribution in [3.05, 3.63) is 68.4 Å². The van der Waals surface area contributed by atoms with E-state index in [4.69, 9.17) is 5.73 Å². The third-order valence-electron chi connectivity index (χ3n) is 5.18. The first-order valence-electron chi connectivity index (χ1n) is 9.19. The molecular weight excluding hydrogens is 344 g/mol. The molecule has 1 aromatic heterocycles. The Kier molecular flexibility index (Phi) is 4.53. The Balaban J connectivity index is 1.51. The van der Waals surface area contributed by atoms with Crippen LogP contribution in [0.2, 0.25) is 0 Å². The number of anilines is 1. The zero-order valence-corrected chi connectivity index (χ0v) is 15.0. The van der Waals surface area contributed by atoms with Crippen LogP contribution in [0.3, 0.4) is 0 Å². The van der Waals surface area contributed by atoms with Crippen molar-refractivity contribution >= 4 is 17.2 Å². The fourth-order valence-electron chi connectivity index (χ4n) is 3.58. The molecule has 2 heterocycles. The van der Waals surface area contributed by atoms with Crippen molar-refractivity contribution in [2.75, 3.05) is 25.4 Å². The van der Waals surface area contributed by atoms with Crippen molar-refractivity contribution in [3.63, 3.8) is 0 Å². The molecule has 0 bridgehead atoms. The van der Waals surface area contributed by atoms with Crippen LogP contribution in [-0.4, -0.2) is 39.9 Å². The summed E-state index contributed by atoms with van der Waals surface area (Å²) >= 11 is 0. The average Bonchev–Trinajstić information content (AvgIpc) is 3.47. The summed E-state index contributed by atoms with van der Waals surface area (Å²) in [4.78, 5) is 41.1. The van der Waals surface area contributed by atoms with E-state index in [2.05, 4.69) is 23.2 Å². The molecule has 0 spiro atoms. The van der Waals surface area contributed by atoms with Crippen LogP contribution in [0, 0.1) is 0 Å². The average molecular weight is 366 g/mol. The van der Waals surface area contributed by atoms with Crippen LogP contribution in [0.25, 0.3) is 5.57 Å². The Morgan fingerprint density at radius 2 is 1.93 bits per heavy atom. The van der Waals surface area contributed by atoms with Gasteiger partial charge in [0.15, 0.2) is 5.78 Å². The van der Waals surface area contributed by atoms with E-state index in [1.54, 1.807) is 0 Å². The second-order valence-corrected chi connectivity index (χ2v) is 7.12. The summed E-state index contributed by atoms with van der Waals surface area (Å²) in [6.07, 6.45) is 4.63. The molecule has 0 radical (unpaired) electrons. The van der Waals surface area contributed by atoms with Crippen molar-refractivity contribution in [1.29, 1.82) is 0 Å². The lowest BCUT2D eigenvalue weighted by molar-refractivity contribution is 0.0936. The number of nitrogens with one attached hydrogen (secondary N) is 1.